The first-order valence-electron chi connectivity index (χ1n) is 7.21. The van der Waals surface area contributed by atoms with Gasteiger partial charge in [-0.3, -0.25) is 14.5 Å². The van der Waals surface area contributed by atoms with Gasteiger partial charge in [0.15, 0.2) is 0 Å². The van der Waals surface area contributed by atoms with Gasteiger partial charge in [-0.15, -0.1) is 0 Å². The Morgan fingerprint density at radius 3 is 2.00 bits per heavy atom. The van der Waals surface area contributed by atoms with Crippen molar-refractivity contribution in [1.82, 2.24) is 15.5 Å². The van der Waals surface area contributed by atoms with E-state index in [2.05, 4.69) is 10.6 Å². The lowest BCUT2D eigenvalue weighted by molar-refractivity contribution is -0.129. The predicted octanol–water partition coefficient (Wildman–Crippen LogP) is 1.53. The molecule has 0 aromatic rings. The maximum Gasteiger partial charge on any atom is 0.237 e. The number of hydrogen-bond acceptors (Lipinski definition) is 3. The average molecular weight is 285 g/mol. The maximum atomic E-state index is 12.1. The number of nitrogens with one attached hydrogen (secondary N) is 2. The fourth-order valence-corrected chi connectivity index (χ4v) is 1.55. The molecular formula is C15H31N3O2. The molecule has 0 aromatic carbocycles. The Morgan fingerprint density at radius 1 is 1.10 bits per heavy atom. The topological polar surface area (TPSA) is 61.4 Å². The van der Waals surface area contributed by atoms with Gasteiger partial charge >= 0.3 is 0 Å². The smallest absolute Gasteiger partial charge is 0.237 e. The van der Waals surface area contributed by atoms with Gasteiger partial charge in [-0.1, -0.05) is 6.92 Å². The van der Waals surface area contributed by atoms with Crippen molar-refractivity contribution in [1.29, 1.82) is 0 Å². The summed E-state index contributed by atoms with van der Waals surface area (Å²) in [5, 5.41) is 5.89. The molecule has 0 radical (unpaired) electrons. The van der Waals surface area contributed by atoms with Gasteiger partial charge in [-0.2, -0.15) is 0 Å². The average Bonchev–Trinajstić information content (AvgIpc) is 2.24. The highest BCUT2D eigenvalue weighted by Crippen LogP contribution is 2.08. The summed E-state index contributed by atoms with van der Waals surface area (Å²) in [5.74, 6) is -0.127. The van der Waals surface area contributed by atoms with Gasteiger partial charge in [-0.05, 0) is 55.0 Å². The molecule has 118 valence electrons. The summed E-state index contributed by atoms with van der Waals surface area (Å²) >= 11 is 0. The quantitative estimate of drug-likeness (QED) is 0.778. The van der Waals surface area contributed by atoms with Crippen LogP contribution in [0.3, 0.4) is 0 Å². The van der Waals surface area contributed by atoms with E-state index in [9.17, 15) is 9.59 Å². The molecule has 20 heavy (non-hydrogen) atoms. The Morgan fingerprint density at radius 2 is 1.60 bits per heavy atom. The molecule has 0 aliphatic carbocycles. The van der Waals surface area contributed by atoms with Gasteiger partial charge < -0.3 is 10.6 Å². The molecule has 0 bridgehead atoms. The van der Waals surface area contributed by atoms with Gasteiger partial charge in [0, 0.05) is 11.1 Å². The van der Waals surface area contributed by atoms with Crippen LogP contribution in [0.1, 0.15) is 54.9 Å². The molecule has 5 nitrogen and oxygen atoms in total. The van der Waals surface area contributed by atoms with Crippen LogP contribution in [0.2, 0.25) is 0 Å². The molecule has 0 aliphatic rings. The number of nitrogens with zero attached hydrogens (tertiary/aromatic N) is 1. The number of amides is 2. The summed E-state index contributed by atoms with van der Waals surface area (Å²) in [5.41, 5.74) is -0.479. The molecule has 5 heteroatoms. The van der Waals surface area contributed by atoms with E-state index in [0.717, 1.165) is 6.42 Å². The molecular weight excluding hydrogens is 254 g/mol. The van der Waals surface area contributed by atoms with Gasteiger partial charge in [0.25, 0.3) is 0 Å². The summed E-state index contributed by atoms with van der Waals surface area (Å²) in [6.45, 7) is 13.8. The molecule has 0 aromatic heterocycles. The number of carbonyl (C=O) groups is 2. The standard InChI is InChI=1S/C15H31N3O2/c1-9-15(6,7)17-13(20)11(2)18(8)10-12(19)16-14(3,4)5/h11H,9-10H2,1-8H3,(H,16,19)(H,17,20). The fourth-order valence-electron chi connectivity index (χ4n) is 1.55. The van der Waals surface area contributed by atoms with Crippen LogP contribution in [0.25, 0.3) is 0 Å². The molecule has 0 heterocycles. The molecule has 2 amide bonds. The van der Waals surface area contributed by atoms with Crippen molar-refractivity contribution in [3.05, 3.63) is 0 Å². The Kier molecular flexibility index (Phi) is 6.68. The second-order valence-electron chi connectivity index (χ2n) is 7.12. The van der Waals surface area contributed by atoms with Crippen molar-refractivity contribution in [2.45, 2.75) is 72.0 Å². The minimum Gasteiger partial charge on any atom is -0.350 e. The minimum absolute atomic E-state index is 0.0529. The van der Waals surface area contributed by atoms with Crippen molar-refractivity contribution in [2.24, 2.45) is 0 Å². The van der Waals surface area contributed by atoms with E-state index in [-0.39, 0.29) is 35.5 Å². The summed E-state index contributed by atoms with van der Waals surface area (Å²) in [7, 11) is 1.78. The van der Waals surface area contributed by atoms with E-state index in [1.54, 1.807) is 11.9 Å². The molecule has 0 saturated carbocycles. The number of likely N-dealkylation sites (N-methyl/N-ethyl adjacent to an activating group) is 1. The van der Waals surface area contributed by atoms with E-state index in [4.69, 9.17) is 0 Å². The molecule has 0 aliphatic heterocycles. The van der Waals surface area contributed by atoms with Crippen molar-refractivity contribution < 1.29 is 9.59 Å². The molecule has 1 unspecified atom stereocenters. The Labute approximate surface area is 123 Å². The third-order valence-corrected chi connectivity index (χ3v) is 3.29. The summed E-state index contributed by atoms with van der Waals surface area (Å²) in [4.78, 5) is 25.7. The molecule has 0 fully saturated rings. The molecule has 0 spiro atoms. The van der Waals surface area contributed by atoms with Gasteiger partial charge in [0.05, 0.1) is 12.6 Å². The van der Waals surface area contributed by atoms with E-state index in [0.29, 0.717) is 0 Å². The number of hydrogen-bond donors (Lipinski definition) is 2. The van der Waals surface area contributed by atoms with Crippen LogP contribution in [0.15, 0.2) is 0 Å². The summed E-state index contributed by atoms with van der Waals surface area (Å²) in [6, 6.07) is -0.341. The van der Waals surface area contributed by atoms with E-state index >= 15 is 0 Å². The van der Waals surface area contributed by atoms with Crippen molar-refractivity contribution in [2.75, 3.05) is 13.6 Å². The van der Waals surface area contributed by atoms with Crippen LogP contribution in [-0.2, 0) is 9.59 Å². The highest BCUT2D eigenvalue weighted by atomic mass is 16.2. The fraction of sp³-hybridized carbons (Fsp3) is 0.867. The van der Waals surface area contributed by atoms with Crippen molar-refractivity contribution in [3.63, 3.8) is 0 Å². The largest absolute Gasteiger partial charge is 0.350 e. The molecule has 2 N–H and O–H groups in total. The normalized spacial score (nSPS) is 14.1. The highest BCUT2D eigenvalue weighted by Gasteiger charge is 2.25. The van der Waals surface area contributed by atoms with E-state index in [1.807, 2.05) is 48.5 Å². The Balaban J connectivity index is 4.44. The third-order valence-electron chi connectivity index (χ3n) is 3.29. The van der Waals surface area contributed by atoms with E-state index < -0.39 is 0 Å². The first kappa shape index (κ1) is 18.9. The van der Waals surface area contributed by atoms with Gasteiger partial charge in [-0.25, -0.2) is 0 Å². The van der Waals surface area contributed by atoms with E-state index in [1.165, 1.54) is 0 Å². The lowest BCUT2D eigenvalue weighted by Gasteiger charge is -2.30. The Bertz CT molecular complexity index is 346. The SMILES string of the molecule is CCC(C)(C)NC(=O)C(C)N(C)CC(=O)NC(C)(C)C. The molecule has 0 saturated heterocycles. The number of carbonyl (C=O) groups excluding carboxylic acids is 2. The maximum absolute atomic E-state index is 12.1. The summed E-state index contributed by atoms with van der Waals surface area (Å²) < 4.78 is 0. The third kappa shape index (κ3) is 7.48. The van der Waals surface area contributed by atoms with Crippen molar-refractivity contribution in [3.8, 4) is 0 Å². The lowest BCUT2D eigenvalue weighted by atomic mass is 10.0. The van der Waals surface area contributed by atoms with Crippen LogP contribution < -0.4 is 10.6 Å². The van der Waals surface area contributed by atoms with Crippen LogP contribution in [0, 0.1) is 0 Å². The monoisotopic (exact) mass is 285 g/mol. The lowest BCUT2D eigenvalue weighted by Crippen LogP contribution is -2.53. The van der Waals surface area contributed by atoms with Crippen LogP contribution >= 0.6 is 0 Å². The zero-order chi connectivity index (χ0) is 16.1. The molecule has 0 rings (SSSR count). The number of rotatable bonds is 6. The van der Waals surface area contributed by atoms with Gasteiger partial charge in [0.2, 0.25) is 11.8 Å². The second kappa shape index (κ2) is 7.07. The predicted molar refractivity (Wildman–Crippen MR) is 82.5 cm³/mol. The van der Waals surface area contributed by atoms with Crippen LogP contribution in [0.4, 0.5) is 0 Å². The van der Waals surface area contributed by atoms with Crippen molar-refractivity contribution >= 4 is 11.8 Å². The molecule has 1 atom stereocenters. The highest BCUT2D eigenvalue weighted by molar-refractivity contribution is 5.83. The zero-order valence-electron chi connectivity index (χ0n) is 14.3. The zero-order valence-corrected chi connectivity index (χ0v) is 14.3. The van der Waals surface area contributed by atoms with Crippen LogP contribution in [-0.4, -0.2) is 47.4 Å². The first-order valence-corrected chi connectivity index (χ1v) is 7.21. The first-order chi connectivity index (χ1) is 8.88. The minimum atomic E-state index is -0.341. The summed E-state index contributed by atoms with van der Waals surface area (Å²) in [6.07, 6.45) is 0.861. The van der Waals surface area contributed by atoms with Crippen LogP contribution in [0.5, 0.6) is 0 Å². The Hall–Kier alpha value is -1.10. The van der Waals surface area contributed by atoms with Gasteiger partial charge in [0.1, 0.15) is 0 Å². The second-order valence-corrected chi connectivity index (χ2v) is 7.12.